The Bertz CT molecular complexity index is 151. The first-order valence-corrected chi connectivity index (χ1v) is 3.94. The van der Waals surface area contributed by atoms with Gasteiger partial charge in [-0.15, -0.1) is 0 Å². The minimum atomic E-state index is -1.01. The van der Waals surface area contributed by atoms with Gasteiger partial charge in [0, 0.05) is 6.54 Å². The number of aliphatic carboxylic acids is 1. The van der Waals surface area contributed by atoms with Gasteiger partial charge in [-0.2, -0.15) is 0 Å². The third-order valence-electron chi connectivity index (χ3n) is 1.36. The maximum absolute atomic E-state index is 10.4. The zero-order chi connectivity index (χ0) is 9.78. The van der Waals surface area contributed by atoms with Crippen molar-refractivity contribution in [3.05, 3.63) is 0 Å². The molecule has 4 heteroatoms. The monoisotopic (exact) mass is 175 g/mol. The van der Waals surface area contributed by atoms with Crippen LogP contribution in [0.4, 0.5) is 0 Å². The Kier molecular flexibility index (Phi) is 4.20. The lowest BCUT2D eigenvalue weighted by atomic mass is 9.96. The molecule has 0 aromatic heterocycles. The lowest BCUT2D eigenvalue weighted by Gasteiger charge is -2.21. The number of nitrogens with one attached hydrogen (secondary N) is 1. The third-order valence-corrected chi connectivity index (χ3v) is 1.36. The summed E-state index contributed by atoms with van der Waals surface area (Å²) in [5, 5.41) is 20.0. The number of carboxylic acid groups (broad SMARTS) is 1. The molecule has 0 aliphatic carbocycles. The smallest absolute Gasteiger partial charge is 0.323 e. The number of carbonyl (C=O) groups is 1. The first kappa shape index (κ1) is 11.4. The summed E-state index contributed by atoms with van der Waals surface area (Å²) in [5.74, 6) is -1.01. The minimum absolute atomic E-state index is 0.0306. The van der Waals surface area contributed by atoms with Crippen molar-refractivity contribution >= 4 is 5.97 Å². The molecular formula is C8H17NO3. The van der Waals surface area contributed by atoms with Crippen LogP contribution in [0.1, 0.15) is 20.8 Å². The van der Waals surface area contributed by atoms with Crippen LogP contribution in [0, 0.1) is 5.41 Å². The van der Waals surface area contributed by atoms with E-state index in [1.807, 2.05) is 20.8 Å². The normalized spacial score (nSPS) is 14.3. The number of carboxylic acids is 1. The van der Waals surface area contributed by atoms with Crippen LogP contribution in [0.3, 0.4) is 0 Å². The van der Waals surface area contributed by atoms with Crippen LogP contribution in [0.25, 0.3) is 0 Å². The van der Waals surface area contributed by atoms with E-state index in [0.717, 1.165) is 0 Å². The molecule has 3 N–H and O–H groups in total. The number of aliphatic hydroxyl groups is 1. The van der Waals surface area contributed by atoms with Gasteiger partial charge in [-0.05, 0) is 5.41 Å². The Hall–Kier alpha value is -0.610. The van der Waals surface area contributed by atoms with E-state index in [-0.39, 0.29) is 12.0 Å². The molecule has 4 nitrogen and oxygen atoms in total. The Morgan fingerprint density at radius 1 is 1.50 bits per heavy atom. The summed E-state index contributed by atoms with van der Waals surface area (Å²) in [6.07, 6.45) is 0. The zero-order valence-electron chi connectivity index (χ0n) is 7.79. The summed E-state index contributed by atoms with van der Waals surface area (Å²) in [7, 11) is 0. The molecule has 12 heavy (non-hydrogen) atoms. The summed E-state index contributed by atoms with van der Waals surface area (Å²) in [4.78, 5) is 10.4. The fourth-order valence-corrected chi connectivity index (χ4v) is 0.659. The zero-order valence-corrected chi connectivity index (χ0v) is 7.79. The number of hydrogen-bond acceptors (Lipinski definition) is 3. The van der Waals surface area contributed by atoms with E-state index in [1.54, 1.807) is 0 Å². The van der Waals surface area contributed by atoms with Crippen LogP contribution in [0.2, 0.25) is 0 Å². The molecule has 0 aliphatic heterocycles. The van der Waals surface area contributed by atoms with Gasteiger partial charge >= 0.3 is 5.97 Å². The van der Waals surface area contributed by atoms with Crippen molar-refractivity contribution in [1.29, 1.82) is 0 Å². The molecule has 72 valence electrons. The second kappa shape index (κ2) is 4.42. The van der Waals surface area contributed by atoms with E-state index in [0.29, 0.717) is 6.54 Å². The van der Waals surface area contributed by atoms with Gasteiger partial charge < -0.3 is 15.5 Å². The molecule has 0 aliphatic rings. The van der Waals surface area contributed by atoms with Gasteiger partial charge in [-0.25, -0.2) is 0 Å². The van der Waals surface area contributed by atoms with Crippen LogP contribution >= 0.6 is 0 Å². The molecule has 0 amide bonds. The molecule has 0 heterocycles. The van der Waals surface area contributed by atoms with Gasteiger partial charge in [0.05, 0.1) is 6.61 Å². The number of hydrogen-bond donors (Lipinski definition) is 3. The summed E-state index contributed by atoms with van der Waals surface area (Å²) in [6, 6.07) is -0.843. The molecule has 0 bridgehead atoms. The molecule has 0 saturated carbocycles. The fraction of sp³-hybridized carbons (Fsp3) is 0.875. The van der Waals surface area contributed by atoms with Gasteiger partial charge in [0.2, 0.25) is 0 Å². The SMILES string of the molecule is CC(C)(C)CN[C@@H](CO)C(=O)O. The van der Waals surface area contributed by atoms with E-state index >= 15 is 0 Å². The number of rotatable bonds is 4. The Labute approximate surface area is 72.6 Å². The van der Waals surface area contributed by atoms with Crippen molar-refractivity contribution in [2.75, 3.05) is 13.2 Å². The van der Waals surface area contributed by atoms with E-state index in [4.69, 9.17) is 10.2 Å². The molecule has 0 aromatic rings. The molecular weight excluding hydrogens is 158 g/mol. The highest BCUT2D eigenvalue weighted by Crippen LogP contribution is 2.10. The average Bonchev–Trinajstić information content (AvgIpc) is 1.85. The van der Waals surface area contributed by atoms with Crippen molar-refractivity contribution in [3.63, 3.8) is 0 Å². The highest BCUT2D eigenvalue weighted by atomic mass is 16.4. The average molecular weight is 175 g/mol. The van der Waals surface area contributed by atoms with Crippen LogP contribution in [-0.2, 0) is 4.79 Å². The van der Waals surface area contributed by atoms with Gasteiger partial charge in [-0.1, -0.05) is 20.8 Å². The fourth-order valence-electron chi connectivity index (χ4n) is 0.659. The van der Waals surface area contributed by atoms with Crippen LogP contribution in [-0.4, -0.2) is 35.4 Å². The van der Waals surface area contributed by atoms with E-state index < -0.39 is 12.0 Å². The topological polar surface area (TPSA) is 69.6 Å². The second-order valence-electron chi connectivity index (χ2n) is 4.01. The molecule has 1 atom stereocenters. The van der Waals surface area contributed by atoms with Crippen molar-refractivity contribution in [1.82, 2.24) is 5.32 Å². The van der Waals surface area contributed by atoms with Crippen molar-refractivity contribution in [3.8, 4) is 0 Å². The quantitative estimate of drug-likeness (QED) is 0.565. The predicted molar refractivity (Wildman–Crippen MR) is 46.0 cm³/mol. The van der Waals surface area contributed by atoms with Crippen molar-refractivity contribution < 1.29 is 15.0 Å². The standard InChI is InChI=1S/C8H17NO3/c1-8(2,3)5-9-6(4-10)7(11)12/h6,9-10H,4-5H2,1-3H3,(H,11,12)/t6-/m0/s1. The lowest BCUT2D eigenvalue weighted by molar-refractivity contribution is -0.140. The molecule has 0 saturated heterocycles. The Morgan fingerprint density at radius 2 is 2.00 bits per heavy atom. The van der Waals surface area contributed by atoms with Crippen LogP contribution in [0.5, 0.6) is 0 Å². The van der Waals surface area contributed by atoms with Crippen LogP contribution in [0.15, 0.2) is 0 Å². The Morgan fingerprint density at radius 3 is 2.25 bits per heavy atom. The van der Waals surface area contributed by atoms with Crippen molar-refractivity contribution in [2.24, 2.45) is 5.41 Å². The number of aliphatic hydroxyl groups excluding tert-OH is 1. The molecule has 0 fully saturated rings. The predicted octanol–water partition coefficient (Wildman–Crippen LogP) is 0.0676. The maximum atomic E-state index is 10.4. The summed E-state index contributed by atoms with van der Waals surface area (Å²) in [6.45, 7) is 6.19. The minimum Gasteiger partial charge on any atom is -0.480 e. The summed E-state index contributed by atoms with van der Waals surface area (Å²) >= 11 is 0. The van der Waals surface area contributed by atoms with Crippen molar-refractivity contribution in [2.45, 2.75) is 26.8 Å². The summed E-state index contributed by atoms with van der Waals surface area (Å²) < 4.78 is 0. The molecule has 0 aromatic carbocycles. The van der Waals surface area contributed by atoms with Gasteiger partial charge in [0.25, 0.3) is 0 Å². The molecule has 0 radical (unpaired) electrons. The van der Waals surface area contributed by atoms with Gasteiger partial charge in [0.1, 0.15) is 6.04 Å². The van der Waals surface area contributed by atoms with Gasteiger partial charge in [-0.3, -0.25) is 4.79 Å². The van der Waals surface area contributed by atoms with Crippen LogP contribution < -0.4 is 5.32 Å². The lowest BCUT2D eigenvalue weighted by Crippen LogP contribution is -2.43. The highest BCUT2D eigenvalue weighted by Gasteiger charge is 2.18. The first-order chi connectivity index (χ1) is 5.37. The highest BCUT2D eigenvalue weighted by molar-refractivity contribution is 5.73. The summed E-state index contributed by atoms with van der Waals surface area (Å²) in [5.41, 5.74) is 0.0306. The first-order valence-electron chi connectivity index (χ1n) is 3.94. The van der Waals surface area contributed by atoms with Gasteiger partial charge in [0.15, 0.2) is 0 Å². The Balaban J connectivity index is 3.81. The molecule has 0 spiro atoms. The third kappa shape index (κ3) is 5.09. The molecule has 0 rings (SSSR count). The maximum Gasteiger partial charge on any atom is 0.323 e. The molecule has 0 unspecified atom stereocenters. The largest absolute Gasteiger partial charge is 0.480 e. The van der Waals surface area contributed by atoms with E-state index in [2.05, 4.69) is 5.32 Å². The van der Waals surface area contributed by atoms with E-state index in [9.17, 15) is 4.79 Å². The van der Waals surface area contributed by atoms with E-state index in [1.165, 1.54) is 0 Å². The second-order valence-corrected chi connectivity index (χ2v) is 4.01.